The van der Waals surface area contributed by atoms with Crippen LogP contribution in [0.15, 0.2) is 24.3 Å². The Balaban J connectivity index is 1.91. The van der Waals surface area contributed by atoms with Crippen molar-refractivity contribution in [1.29, 1.82) is 0 Å². The largest absolute Gasteiger partial charge is 0.310 e. The molecule has 17 heavy (non-hydrogen) atoms. The monoisotopic (exact) mass is 235 g/mol. The van der Waals surface area contributed by atoms with Crippen LogP contribution >= 0.6 is 0 Å². The van der Waals surface area contributed by atoms with Crippen LogP contribution < -0.4 is 5.32 Å². The molecule has 1 fully saturated rings. The molecule has 0 saturated heterocycles. The molecule has 0 aliphatic heterocycles. The Bertz CT molecular complexity index is 365. The minimum absolute atomic E-state index is 0.148. The first-order valence-electron chi connectivity index (χ1n) is 6.64. The van der Waals surface area contributed by atoms with Crippen molar-refractivity contribution in [2.24, 2.45) is 5.41 Å². The van der Waals surface area contributed by atoms with Crippen molar-refractivity contribution in [3.05, 3.63) is 35.6 Å². The van der Waals surface area contributed by atoms with Gasteiger partial charge in [-0.05, 0) is 49.3 Å². The first-order chi connectivity index (χ1) is 8.15. The van der Waals surface area contributed by atoms with Gasteiger partial charge in [0.2, 0.25) is 0 Å². The maximum absolute atomic E-state index is 13.1. The number of hydrogen-bond donors (Lipinski definition) is 1. The highest BCUT2D eigenvalue weighted by atomic mass is 19.1. The lowest BCUT2D eigenvalue weighted by atomic mass is 9.67. The second-order valence-corrected chi connectivity index (χ2v) is 5.36. The first kappa shape index (κ1) is 12.6. The Labute approximate surface area is 103 Å². The van der Waals surface area contributed by atoms with Gasteiger partial charge in [0, 0.05) is 12.6 Å². The van der Waals surface area contributed by atoms with Crippen molar-refractivity contribution in [2.45, 2.75) is 45.6 Å². The number of benzene rings is 1. The zero-order valence-corrected chi connectivity index (χ0v) is 10.8. The first-order valence-corrected chi connectivity index (χ1v) is 6.64. The molecule has 0 amide bonds. The molecule has 0 spiro atoms. The summed E-state index contributed by atoms with van der Waals surface area (Å²) in [6, 6.07) is 7.11. The molecule has 2 heteroatoms. The van der Waals surface area contributed by atoms with E-state index in [0.29, 0.717) is 5.41 Å². The van der Waals surface area contributed by atoms with E-state index in [0.717, 1.165) is 12.1 Å². The summed E-state index contributed by atoms with van der Waals surface area (Å²) < 4.78 is 13.1. The van der Waals surface area contributed by atoms with Crippen LogP contribution in [0, 0.1) is 11.2 Å². The van der Waals surface area contributed by atoms with E-state index in [9.17, 15) is 4.39 Å². The van der Waals surface area contributed by atoms with Gasteiger partial charge in [0.1, 0.15) is 5.82 Å². The fourth-order valence-corrected chi connectivity index (χ4v) is 2.60. The Morgan fingerprint density at radius 1 is 1.41 bits per heavy atom. The van der Waals surface area contributed by atoms with Gasteiger partial charge in [-0.15, -0.1) is 0 Å². The minimum atomic E-state index is -0.148. The van der Waals surface area contributed by atoms with Crippen LogP contribution in [0.3, 0.4) is 0 Å². The van der Waals surface area contributed by atoms with Crippen LogP contribution in [0.25, 0.3) is 0 Å². The van der Waals surface area contributed by atoms with E-state index < -0.39 is 0 Å². The molecule has 1 saturated carbocycles. The zero-order valence-electron chi connectivity index (χ0n) is 10.8. The Morgan fingerprint density at radius 2 is 2.18 bits per heavy atom. The van der Waals surface area contributed by atoms with E-state index in [4.69, 9.17) is 0 Å². The molecule has 1 unspecified atom stereocenters. The van der Waals surface area contributed by atoms with Crippen LogP contribution in [0.1, 0.15) is 51.1 Å². The lowest BCUT2D eigenvalue weighted by molar-refractivity contribution is 0.120. The summed E-state index contributed by atoms with van der Waals surface area (Å²) in [5.74, 6) is -0.148. The molecule has 94 valence electrons. The van der Waals surface area contributed by atoms with Gasteiger partial charge in [-0.2, -0.15) is 0 Å². The second-order valence-electron chi connectivity index (χ2n) is 5.36. The molecule has 1 aliphatic carbocycles. The van der Waals surface area contributed by atoms with Gasteiger partial charge in [-0.3, -0.25) is 0 Å². The quantitative estimate of drug-likeness (QED) is 0.811. The van der Waals surface area contributed by atoms with E-state index in [1.165, 1.54) is 31.7 Å². The van der Waals surface area contributed by atoms with Crippen LogP contribution in [0.2, 0.25) is 0 Å². The SMILES string of the molecule is CCC1(CNC(C)c2cccc(F)c2)CCC1. The number of nitrogens with one attached hydrogen (secondary N) is 1. The Kier molecular flexibility index (Phi) is 3.82. The smallest absolute Gasteiger partial charge is 0.123 e. The van der Waals surface area contributed by atoms with Crippen molar-refractivity contribution in [2.75, 3.05) is 6.54 Å². The summed E-state index contributed by atoms with van der Waals surface area (Å²) in [6.07, 6.45) is 5.29. The second kappa shape index (κ2) is 5.18. The van der Waals surface area contributed by atoms with Crippen LogP contribution in [0.4, 0.5) is 4.39 Å². The summed E-state index contributed by atoms with van der Waals surface area (Å²) >= 11 is 0. The van der Waals surface area contributed by atoms with Gasteiger partial charge in [0.15, 0.2) is 0 Å². The van der Waals surface area contributed by atoms with Crippen molar-refractivity contribution < 1.29 is 4.39 Å². The third kappa shape index (κ3) is 2.86. The number of hydrogen-bond acceptors (Lipinski definition) is 1. The molecule has 1 aliphatic rings. The molecule has 1 aromatic rings. The van der Waals surface area contributed by atoms with Gasteiger partial charge >= 0.3 is 0 Å². The van der Waals surface area contributed by atoms with E-state index in [1.54, 1.807) is 12.1 Å². The maximum Gasteiger partial charge on any atom is 0.123 e. The molecule has 1 aromatic carbocycles. The molecule has 2 rings (SSSR count). The van der Waals surface area contributed by atoms with Crippen LogP contribution in [0.5, 0.6) is 0 Å². The van der Waals surface area contributed by atoms with Gasteiger partial charge in [0.25, 0.3) is 0 Å². The topological polar surface area (TPSA) is 12.0 Å². The van der Waals surface area contributed by atoms with Gasteiger partial charge in [0.05, 0.1) is 0 Å². The molecule has 0 heterocycles. The van der Waals surface area contributed by atoms with E-state index >= 15 is 0 Å². The number of rotatable bonds is 5. The normalized spacial score (nSPS) is 19.7. The van der Waals surface area contributed by atoms with Gasteiger partial charge < -0.3 is 5.32 Å². The van der Waals surface area contributed by atoms with Crippen LogP contribution in [-0.2, 0) is 0 Å². The molecule has 1 atom stereocenters. The highest BCUT2D eigenvalue weighted by Crippen LogP contribution is 2.43. The third-order valence-electron chi connectivity index (χ3n) is 4.30. The molecule has 1 nitrogen and oxygen atoms in total. The summed E-state index contributed by atoms with van der Waals surface area (Å²) in [6.45, 7) is 5.44. The van der Waals surface area contributed by atoms with Crippen molar-refractivity contribution in [3.8, 4) is 0 Å². The Hall–Kier alpha value is -0.890. The lowest BCUT2D eigenvalue weighted by Gasteiger charge is -2.42. The maximum atomic E-state index is 13.1. The summed E-state index contributed by atoms with van der Waals surface area (Å²) in [5, 5.41) is 3.55. The molecule has 0 radical (unpaired) electrons. The van der Waals surface area contributed by atoms with E-state index in [1.807, 2.05) is 6.07 Å². The number of halogens is 1. The van der Waals surface area contributed by atoms with Crippen molar-refractivity contribution in [3.63, 3.8) is 0 Å². The molecular weight excluding hydrogens is 213 g/mol. The third-order valence-corrected chi connectivity index (χ3v) is 4.30. The minimum Gasteiger partial charge on any atom is -0.310 e. The fraction of sp³-hybridized carbons (Fsp3) is 0.600. The van der Waals surface area contributed by atoms with Crippen molar-refractivity contribution >= 4 is 0 Å². The average molecular weight is 235 g/mol. The summed E-state index contributed by atoms with van der Waals surface area (Å²) in [5.41, 5.74) is 1.55. The highest BCUT2D eigenvalue weighted by molar-refractivity contribution is 5.19. The van der Waals surface area contributed by atoms with Gasteiger partial charge in [-0.25, -0.2) is 4.39 Å². The average Bonchev–Trinajstić information content (AvgIpc) is 2.28. The predicted molar refractivity (Wildman–Crippen MR) is 69.4 cm³/mol. The van der Waals surface area contributed by atoms with E-state index in [2.05, 4.69) is 19.2 Å². The summed E-state index contributed by atoms with van der Waals surface area (Å²) in [4.78, 5) is 0. The molecular formula is C15H22FN. The standard InChI is InChI=1S/C15H22FN/c1-3-15(8-5-9-15)11-17-12(2)13-6-4-7-14(16)10-13/h4,6-7,10,12,17H,3,5,8-9,11H2,1-2H3. The zero-order chi connectivity index (χ0) is 12.3. The molecule has 1 N–H and O–H groups in total. The predicted octanol–water partition coefficient (Wildman–Crippen LogP) is 4.06. The van der Waals surface area contributed by atoms with E-state index in [-0.39, 0.29) is 11.9 Å². The Morgan fingerprint density at radius 3 is 2.71 bits per heavy atom. The lowest BCUT2D eigenvalue weighted by Crippen LogP contribution is -2.40. The summed E-state index contributed by atoms with van der Waals surface area (Å²) in [7, 11) is 0. The van der Waals surface area contributed by atoms with Crippen molar-refractivity contribution in [1.82, 2.24) is 5.32 Å². The highest BCUT2D eigenvalue weighted by Gasteiger charge is 2.34. The van der Waals surface area contributed by atoms with Crippen LogP contribution in [-0.4, -0.2) is 6.54 Å². The molecule has 0 aromatic heterocycles. The fourth-order valence-electron chi connectivity index (χ4n) is 2.60. The molecule has 0 bridgehead atoms. The van der Waals surface area contributed by atoms with Gasteiger partial charge in [-0.1, -0.05) is 25.5 Å².